The first-order chi connectivity index (χ1) is 15.5. The van der Waals surface area contributed by atoms with Gasteiger partial charge in [0.1, 0.15) is 17.7 Å². The van der Waals surface area contributed by atoms with Gasteiger partial charge in [-0.1, -0.05) is 17.3 Å². The van der Waals surface area contributed by atoms with E-state index in [0.717, 1.165) is 11.1 Å². The molecule has 0 unspecified atom stereocenters. The molecular formula is C24H26FN5O3. The van der Waals surface area contributed by atoms with Crippen LogP contribution in [0.2, 0.25) is 0 Å². The molecule has 0 aliphatic rings. The summed E-state index contributed by atoms with van der Waals surface area (Å²) >= 11 is 0. The molecule has 1 atom stereocenters. The molecule has 2 N–H and O–H groups in total. The van der Waals surface area contributed by atoms with E-state index in [1.54, 1.807) is 52.0 Å². The Kier molecular flexibility index (Phi) is 5.75. The number of fused-ring (bicyclic) bond motifs is 1. The fourth-order valence-electron chi connectivity index (χ4n) is 3.69. The number of nitrogens with one attached hydrogen (secondary N) is 1. The second-order valence-electron chi connectivity index (χ2n) is 8.85. The van der Waals surface area contributed by atoms with Gasteiger partial charge in [0.25, 0.3) is 5.91 Å². The molecule has 2 aromatic carbocycles. The van der Waals surface area contributed by atoms with Crippen LogP contribution in [0, 0.1) is 12.7 Å². The highest BCUT2D eigenvalue weighted by Crippen LogP contribution is 2.31. The van der Waals surface area contributed by atoms with Gasteiger partial charge >= 0.3 is 0 Å². The Hall–Kier alpha value is -3.59. The number of benzene rings is 2. The van der Waals surface area contributed by atoms with Crippen LogP contribution in [-0.4, -0.2) is 36.3 Å². The summed E-state index contributed by atoms with van der Waals surface area (Å²) in [6, 6.07) is 9.05. The molecule has 0 aliphatic heterocycles. The van der Waals surface area contributed by atoms with Gasteiger partial charge in [-0.2, -0.15) is 4.98 Å². The Labute approximate surface area is 190 Å². The summed E-state index contributed by atoms with van der Waals surface area (Å²) < 4.78 is 20.6. The Morgan fingerprint density at radius 2 is 1.94 bits per heavy atom. The number of carbonyl (C=O) groups excluding carboxylic acids is 1. The molecule has 4 rings (SSSR count). The van der Waals surface area contributed by atoms with E-state index in [0.29, 0.717) is 40.6 Å². The number of hydrogen-bond donors (Lipinski definition) is 2. The molecule has 0 fully saturated rings. The highest BCUT2D eigenvalue weighted by Gasteiger charge is 2.23. The van der Waals surface area contributed by atoms with Gasteiger partial charge in [-0.25, -0.2) is 9.37 Å². The number of carbonyl (C=O) groups is 1. The van der Waals surface area contributed by atoms with E-state index < -0.39 is 11.6 Å². The number of aliphatic hydroxyl groups is 1. The minimum atomic E-state index is -0.955. The van der Waals surface area contributed by atoms with E-state index >= 15 is 0 Å². The molecule has 172 valence electrons. The lowest BCUT2D eigenvalue weighted by molar-refractivity contribution is 0.0781. The number of rotatable bonds is 6. The van der Waals surface area contributed by atoms with Crippen molar-refractivity contribution in [2.24, 2.45) is 7.05 Å². The third-order valence-corrected chi connectivity index (χ3v) is 5.35. The van der Waals surface area contributed by atoms with Gasteiger partial charge in [-0.05, 0) is 57.5 Å². The SMILES string of the molecule is Cc1noc([C@@H](C)NC(=O)c2cc(-c3ccc(F)cc3)c3nc(CC(C)(C)O)n(C)c3c2)n1. The van der Waals surface area contributed by atoms with Gasteiger partial charge in [-0.3, -0.25) is 4.79 Å². The Bertz CT molecular complexity index is 1320. The van der Waals surface area contributed by atoms with Crippen molar-refractivity contribution in [2.75, 3.05) is 0 Å². The van der Waals surface area contributed by atoms with Crippen molar-refractivity contribution in [1.82, 2.24) is 25.0 Å². The smallest absolute Gasteiger partial charge is 0.252 e. The summed E-state index contributed by atoms with van der Waals surface area (Å²) in [5, 5.41) is 17.0. The van der Waals surface area contributed by atoms with Crippen LogP contribution in [0.15, 0.2) is 40.9 Å². The topological polar surface area (TPSA) is 106 Å². The Morgan fingerprint density at radius 1 is 1.24 bits per heavy atom. The molecule has 1 amide bonds. The molecule has 2 heterocycles. The fourth-order valence-corrected chi connectivity index (χ4v) is 3.69. The number of imidazole rings is 1. The molecule has 2 aromatic heterocycles. The molecular weight excluding hydrogens is 425 g/mol. The third kappa shape index (κ3) is 4.78. The average molecular weight is 452 g/mol. The Balaban J connectivity index is 1.80. The van der Waals surface area contributed by atoms with Crippen LogP contribution in [0.25, 0.3) is 22.2 Å². The van der Waals surface area contributed by atoms with Crippen LogP contribution < -0.4 is 5.32 Å². The third-order valence-electron chi connectivity index (χ3n) is 5.35. The van der Waals surface area contributed by atoms with Crippen LogP contribution >= 0.6 is 0 Å². The standard InChI is InChI=1S/C24H26FN5O3/c1-13(23-27-14(2)29-33-23)26-22(31)16-10-18(15-6-8-17(25)9-7-15)21-19(11-16)30(5)20(28-21)12-24(3,4)32/h6-11,13,32H,12H2,1-5H3,(H,26,31)/t13-/m1/s1. The van der Waals surface area contributed by atoms with E-state index in [2.05, 4.69) is 15.5 Å². The Morgan fingerprint density at radius 3 is 2.55 bits per heavy atom. The number of aromatic nitrogens is 4. The van der Waals surface area contributed by atoms with E-state index in [1.165, 1.54) is 12.1 Å². The van der Waals surface area contributed by atoms with Crippen LogP contribution in [0.4, 0.5) is 4.39 Å². The lowest BCUT2D eigenvalue weighted by Crippen LogP contribution is -2.27. The van der Waals surface area contributed by atoms with Crippen molar-refractivity contribution in [1.29, 1.82) is 0 Å². The van der Waals surface area contributed by atoms with Crippen molar-refractivity contribution in [2.45, 2.75) is 45.8 Å². The molecule has 33 heavy (non-hydrogen) atoms. The summed E-state index contributed by atoms with van der Waals surface area (Å²) in [6.45, 7) is 6.90. The lowest BCUT2D eigenvalue weighted by atomic mass is 10.0. The number of halogens is 1. The van der Waals surface area contributed by atoms with E-state index in [9.17, 15) is 14.3 Å². The molecule has 0 spiro atoms. The maximum atomic E-state index is 13.6. The summed E-state index contributed by atoms with van der Waals surface area (Å²) in [7, 11) is 1.84. The zero-order chi connectivity index (χ0) is 23.9. The number of amides is 1. The monoisotopic (exact) mass is 451 g/mol. The molecule has 9 heteroatoms. The highest BCUT2D eigenvalue weighted by atomic mass is 19.1. The predicted molar refractivity (Wildman–Crippen MR) is 121 cm³/mol. The first-order valence-electron chi connectivity index (χ1n) is 10.6. The van der Waals surface area contributed by atoms with E-state index in [1.807, 2.05) is 11.6 Å². The predicted octanol–water partition coefficient (Wildman–Crippen LogP) is 3.88. The average Bonchev–Trinajstić information content (AvgIpc) is 3.31. The largest absolute Gasteiger partial charge is 0.390 e. The minimum absolute atomic E-state index is 0.314. The van der Waals surface area contributed by atoms with Crippen molar-refractivity contribution >= 4 is 16.9 Å². The number of hydrogen-bond acceptors (Lipinski definition) is 6. The molecule has 4 aromatic rings. The number of aryl methyl sites for hydroxylation is 2. The molecule has 0 saturated heterocycles. The zero-order valence-corrected chi connectivity index (χ0v) is 19.2. The molecule has 0 radical (unpaired) electrons. The molecule has 0 bridgehead atoms. The summed E-state index contributed by atoms with van der Waals surface area (Å²) in [5.74, 6) is 0.798. The first kappa shape index (κ1) is 22.6. The van der Waals surface area contributed by atoms with Crippen LogP contribution in [0.5, 0.6) is 0 Å². The summed E-state index contributed by atoms with van der Waals surface area (Å²) in [5.41, 5.74) is 2.26. The second-order valence-corrected chi connectivity index (χ2v) is 8.85. The van der Waals surface area contributed by atoms with E-state index in [4.69, 9.17) is 9.51 Å². The van der Waals surface area contributed by atoms with Gasteiger partial charge in [0.2, 0.25) is 5.89 Å². The normalized spacial score (nSPS) is 12.8. The lowest BCUT2D eigenvalue weighted by Gasteiger charge is -2.16. The minimum Gasteiger partial charge on any atom is -0.390 e. The van der Waals surface area contributed by atoms with Gasteiger partial charge in [0.15, 0.2) is 5.82 Å². The maximum Gasteiger partial charge on any atom is 0.252 e. The molecule has 0 saturated carbocycles. The van der Waals surface area contributed by atoms with Gasteiger partial charge < -0.3 is 19.5 Å². The zero-order valence-electron chi connectivity index (χ0n) is 19.2. The van der Waals surface area contributed by atoms with Gasteiger partial charge in [0, 0.05) is 24.6 Å². The van der Waals surface area contributed by atoms with E-state index in [-0.39, 0.29) is 11.7 Å². The van der Waals surface area contributed by atoms with Crippen molar-refractivity contribution in [3.05, 3.63) is 65.3 Å². The first-order valence-corrected chi connectivity index (χ1v) is 10.6. The van der Waals surface area contributed by atoms with Crippen molar-refractivity contribution in [3.63, 3.8) is 0 Å². The quantitative estimate of drug-likeness (QED) is 0.461. The van der Waals surface area contributed by atoms with Crippen molar-refractivity contribution < 1.29 is 18.8 Å². The van der Waals surface area contributed by atoms with Crippen LogP contribution in [-0.2, 0) is 13.5 Å². The number of nitrogens with zero attached hydrogens (tertiary/aromatic N) is 4. The molecule has 8 nitrogen and oxygen atoms in total. The van der Waals surface area contributed by atoms with Gasteiger partial charge in [-0.15, -0.1) is 0 Å². The summed E-state index contributed by atoms with van der Waals surface area (Å²) in [6.07, 6.45) is 0.329. The summed E-state index contributed by atoms with van der Waals surface area (Å²) in [4.78, 5) is 22.1. The van der Waals surface area contributed by atoms with Gasteiger partial charge in [0.05, 0.1) is 16.6 Å². The highest BCUT2D eigenvalue weighted by molar-refractivity contribution is 6.02. The second kappa shape index (κ2) is 8.40. The van der Waals surface area contributed by atoms with Crippen LogP contribution in [0.3, 0.4) is 0 Å². The fraction of sp³-hybridized carbons (Fsp3) is 0.333. The van der Waals surface area contributed by atoms with Crippen LogP contribution in [0.1, 0.15) is 54.7 Å². The maximum absolute atomic E-state index is 13.6. The van der Waals surface area contributed by atoms with Crippen molar-refractivity contribution in [3.8, 4) is 11.1 Å². The molecule has 0 aliphatic carbocycles.